The van der Waals surface area contributed by atoms with Gasteiger partial charge in [-0.3, -0.25) is 9.59 Å². The van der Waals surface area contributed by atoms with Crippen molar-refractivity contribution in [3.05, 3.63) is 0 Å². The van der Waals surface area contributed by atoms with E-state index in [-0.39, 0.29) is 18.0 Å². The zero-order chi connectivity index (χ0) is 24.7. The summed E-state index contributed by atoms with van der Waals surface area (Å²) in [5, 5.41) is 9.38. The second-order valence-corrected chi connectivity index (χ2v) is 13.7. The number of thioether (sulfide) groups is 1. The molecule has 0 radical (unpaired) electrons. The lowest BCUT2D eigenvalue weighted by Gasteiger charge is -2.61. The predicted molar refractivity (Wildman–Crippen MR) is 137 cm³/mol. The van der Waals surface area contributed by atoms with Gasteiger partial charge in [0.2, 0.25) is 0 Å². The van der Waals surface area contributed by atoms with Crippen molar-refractivity contribution in [1.29, 1.82) is 0 Å². The van der Waals surface area contributed by atoms with Crippen molar-refractivity contribution < 1.29 is 19.4 Å². The van der Waals surface area contributed by atoms with Gasteiger partial charge >= 0.3 is 11.9 Å². The molecule has 0 heterocycles. The number of ether oxygens (including phenoxy) is 1. The summed E-state index contributed by atoms with van der Waals surface area (Å²) in [7, 11) is 0. The normalized spacial score (nSPS) is 43.2. The molecule has 3 N–H and O–H groups in total. The number of carbonyl (C=O) groups excluding carboxylic acids is 1. The molecule has 0 saturated heterocycles. The number of hydrogen-bond acceptors (Lipinski definition) is 5. The van der Waals surface area contributed by atoms with Crippen LogP contribution in [0, 0.1) is 46.3 Å². The Hall–Kier alpha value is -0.750. The molecule has 0 aliphatic heterocycles. The van der Waals surface area contributed by atoms with Gasteiger partial charge in [0, 0.05) is 6.42 Å². The van der Waals surface area contributed by atoms with Gasteiger partial charge < -0.3 is 15.6 Å². The summed E-state index contributed by atoms with van der Waals surface area (Å²) >= 11 is 1.71. The lowest BCUT2D eigenvalue weighted by Crippen LogP contribution is -2.54. The Kier molecular flexibility index (Phi) is 7.99. The molecular formula is C28H47NO4S. The van der Waals surface area contributed by atoms with Crippen LogP contribution in [0.15, 0.2) is 0 Å². The number of fused-ring (bicyclic) bond motifs is 5. The smallest absolute Gasteiger partial charge is 0.323 e. The van der Waals surface area contributed by atoms with Gasteiger partial charge in [0.1, 0.15) is 12.1 Å². The van der Waals surface area contributed by atoms with Crippen LogP contribution in [0.4, 0.5) is 0 Å². The second kappa shape index (κ2) is 10.3. The van der Waals surface area contributed by atoms with Gasteiger partial charge in [-0.25, -0.2) is 0 Å². The van der Waals surface area contributed by atoms with Crippen molar-refractivity contribution in [3.63, 3.8) is 0 Å². The maximum atomic E-state index is 12.5. The molecule has 0 aromatic carbocycles. The van der Waals surface area contributed by atoms with E-state index in [4.69, 9.17) is 10.5 Å². The van der Waals surface area contributed by atoms with Crippen LogP contribution in [-0.4, -0.2) is 41.2 Å². The molecule has 4 aliphatic carbocycles. The fourth-order valence-corrected chi connectivity index (χ4v) is 9.82. The zero-order valence-electron chi connectivity index (χ0n) is 21.8. The Balaban J connectivity index is 1.40. The van der Waals surface area contributed by atoms with Crippen molar-refractivity contribution in [2.75, 3.05) is 12.0 Å². The first kappa shape index (κ1) is 26.3. The molecule has 4 saturated carbocycles. The van der Waals surface area contributed by atoms with Gasteiger partial charge in [-0.05, 0) is 123 Å². The largest absolute Gasteiger partial charge is 0.481 e. The van der Waals surface area contributed by atoms with Gasteiger partial charge in [-0.1, -0.05) is 20.8 Å². The molecule has 4 aliphatic rings. The third-order valence-corrected chi connectivity index (χ3v) is 11.7. The zero-order valence-corrected chi connectivity index (χ0v) is 22.6. The van der Waals surface area contributed by atoms with Gasteiger partial charge in [0.15, 0.2) is 0 Å². The molecule has 0 aromatic heterocycles. The number of nitrogens with two attached hydrogens (primary N) is 1. The van der Waals surface area contributed by atoms with Crippen LogP contribution in [0.5, 0.6) is 0 Å². The average Bonchev–Trinajstić information content (AvgIpc) is 3.14. The minimum Gasteiger partial charge on any atom is -0.481 e. The van der Waals surface area contributed by atoms with Crippen molar-refractivity contribution in [2.45, 2.75) is 104 Å². The van der Waals surface area contributed by atoms with Gasteiger partial charge in [-0.2, -0.15) is 11.8 Å². The molecule has 0 bridgehead atoms. The van der Waals surface area contributed by atoms with E-state index in [1.54, 1.807) is 11.8 Å². The molecule has 194 valence electrons. The first-order valence-corrected chi connectivity index (χ1v) is 15.2. The fraction of sp³-hybridized carbons (Fsp3) is 0.929. The first-order chi connectivity index (χ1) is 16.1. The molecule has 4 fully saturated rings. The van der Waals surface area contributed by atoms with Crippen LogP contribution in [0.2, 0.25) is 0 Å². The van der Waals surface area contributed by atoms with E-state index in [2.05, 4.69) is 20.8 Å². The number of rotatable bonds is 8. The molecule has 0 aromatic rings. The van der Waals surface area contributed by atoms with Crippen LogP contribution in [0.3, 0.4) is 0 Å². The minimum atomic E-state index is -0.649. The first-order valence-electron chi connectivity index (χ1n) is 13.8. The number of aliphatic carboxylic acids is 1. The van der Waals surface area contributed by atoms with Crippen molar-refractivity contribution in [3.8, 4) is 0 Å². The highest BCUT2D eigenvalue weighted by Crippen LogP contribution is 2.68. The van der Waals surface area contributed by atoms with Gasteiger partial charge in [-0.15, -0.1) is 0 Å². The van der Waals surface area contributed by atoms with E-state index < -0.39 is 12.0 Å². The summed E-state index contributed by atoms with van der Waals surface area (Å²) in [6, 6.07) is -0.494. The van der Waals surface area contributed by atoms with E-state index in [1.165, 1.54) is 38.5 Å². The second-order valence-electron chi connectivity index (χ2n) is 12.7. The molecule has 34 heavy (non-hydrogen) atoms. The molecule has 10 atom stereocenters. The van der Waals surface area contributed by atoms with E-state index in [9.17, 15) is 14.7 Å². The van der Waals surface area contributed by atoms with Crippen molar-refractivity contribution in [2.24, 2.45) is 52.1 Å². The molecule has 5 nitrogen and oxygen atoms in total. The fourth-order valence-electron chi connectivity index (χ4n) is 9.33. The van der Waals surface area contributed by atoms with Crippen LogP contribution < -0.4 is 5.73 Å². The average molecular weight is 494 g/mol. The van der Waals surface area contributed by atoms with E-state index in [0.717, 1.165) is 42.8 Å². The van der Waals surface area contributed by atoms with E-state index in [0.29, 0.717) is 35.5 Å². The predicted octanol–water partition coefficient (Wildman–Crippen LogP) is 5.75. The maximum absolute atomic E-state index is 12.5. The van der Waals surface area contributed by atoms with Crippen molar-refractivity contribution >= 4 is 23.7 Å². The van der Waals surface area contributed by atoms with Crippen LogP contribution in [-0.2, 0) is 14.3 Å². The number of hydrogen-bond donors (Lipinski definition) is 2. The number of carboxylic acid groups (broad SMARTS) is 1. The van der Waals surface area contributed by atoms with E-state index in [1.807, 2.05) is 6.26 Å². The summed E-state index contributed by atoms with van der Waals surface area (Å²) in [6.07, 6.45) is 13.7. The van der Waals surface area contributed by atoms with Gasteiger partial charge in [0.25, 0.3) is 0 Å². The van der Waals surface area contributed by atoms with Crippen molar-refractivity contribution in [1.82, 2.24) is 0 Å². The SMILES string of the molecule is CSCC[C@H](N)C(=O)O[C@@H]1CC[C@@]2(C)C(CCC3C2CC[C@@]2(C)C3CCC2[C@H](C)CC(=O)O)C1. The number of carboxylic acids is 1. The topological polar surface area (TPSA) is 89.6 Å². The molecule has 5 unspecified atom stereocenters. The Labute approximate surface area is 210 Å². The molecule has 0 spiro atoms. The molecular weight excluding hydrogens is 446 g/mol. The van der Waals surface area contributed by atoms with Crippen LogP contribution in [0.25, 0.3) is 0 Å². The Bertz CT molecular complexity index is 761. The Morgan fingerprint density at radius 1 is 1.06 bits per heavy atom. The standard InChI is InChI=1S/C28H47NO4S/c1-17(15-25(30)31)21-7-8-22-20-6-5-18-16-19(33-26(32)24(29)11-14-34-4)9-12-27(18,2)23(20)10-13-28(21,22)3/h17-24H,5-16,29H2,1-4H3,(H,30,31)/t17-,18?,19-,20?,21?,22?,23?,24+,27+,28-/m1/s1. The highest BCUT2D eigenvalue weighted by molar-refractivity contribution is 7.98. The monoisotopic (exact) mass is 493 g/mol. The third-order valence-electron chi connectivity index (χ3n) is 11.1. The Morgan fingerprint density at radius 3 is 2.47 bits per heavy atom. The summed E-state index contributed by atoms with van der Waals surface area (Å²) in [5.74, 6) is 3.76. The van der Waals surface area contributed by atoms with E-state index >= 15 is 0 Å². The molecule has 6 heteroatoms. The molecule has 4 rings (SSSR count). The quantitative estimate of drug-likeness (QED) is 0.419. The highest BCUT2D eigenvalue weighted by Gasteiger charge is 2.60. The van der Waals surface area contributed by atoms with Gasteiger partial charge in [0.05, 0.1) is 0 Å². The number of esters is 1. The Morgan fingerprint density at radius 2 is 1.76 bits per heavy atom. The number of carbonyl (C=O) groups is 2. The lowest BCUT2D eigenvalue weighted by molar-refractivity contribution is -0.164. The summed E-state index contributed by atoms with van der Waals surface area (Å²) in [5.41, 5.74) is 6.72. The molecule has 0 amide bonds. The summed E-state index contributed by atoms with van der Waals surface area (Å²) in [4.78, 5) is 23.9. The maximum Gasteiger partial charge on any atom is 0.323 e. The van der Waals surface area contributed by atoms with Crippen LogP contribution >= 0.6 is 11.8 Å². The lowest BCUT2D eigenvalue weighted by atomic mass is 9.44. The minimum absolute atomic E-state index is 0.0315. The highest BCUT2D eigenvalue weighted by atomic mass is 32.2. The van der Waals surface area contributed by atoms with Crippen LogP contribution in [0.1, 0.15) is 91.4 Å². The summed E-state index contributed by atoms with van der Waals surface area (Å²) in [6.45, 7) is 7.21. The summed E-state index contributed by atoms with van der Waals surface area (Å²) < 4.78 is 5.92. The third kappa shape index (κ3) is 4.79.